The first-order valence-electron chi connectivity index (χ1n) is 40.2. The molecule has 0 aromatic heterocycles. The molecule has 0 aromatic carbocycles. The van der Waals surface area contributed by atoms with E-state index < -0.39 is 0 Å². The first-order valence-corrected chi connectivity index (χ1v) is 40.2. The van der Waals surface area contributed by atoms with Gasteiger partial charge in [-0.2, -0.15) is 0 Å². The molecule has 0 aliphatic carbocycles. The van der Waals surface area contributed by atoms with Gasteiger partial charge in [-0.3, -0.25) is 0 Å². The van der Waals surface area contributed by atoms with Gasteiger partial charge < -0.3 is 21.3 Å². The number of hydrogen-bond donors (Lipinski definition) is 0. The Morgan fingerprint density at radius 1 is 0.106 bits per heavy atom. The number of unbranched alkanes of at least 4 members (excludes halogenated alkanes) is 56. The minimum atomic E-state index is 0. The zero-order valence-corrected chi connectivity index (χ0v) is 62.8. The van der Waals surface area contributed by atoms with Gasteiger partial charge in [0, 0.05) is 0 Å². The maximum Gasteiger partial charge on any atom is 4.00 e. The van der Waals surface area contributed by atoms with E-state index in [2.05, 4.69) is 76.7 Å². The molecule has 4 nitrogen and oxygen atoms in total. The minimum absolute atomic E-state index is 0. The van der Waals surface area contributed by atoms with E-state index in [0.717, 1.165) is 52.4 Å². The van der Waals surface area contributed by atoms with E-state index in [1.165, 1.54) is 411 Å². The summed E-state index contributed by atoms with van der Waals surface area (Å²) in [6, 6.07) is 0. The van der Waals surface area contributed by atoms with E-state index >= 15 is 0 Å². The summed E-state index contributed by atoms with van der Waals surface area (Å²) in [6.45, 7) is 27.2. The summed E-state index contributed by atoms with van der Waals surface area (Å²) in [6.07, 6.45) is 90.1. The van der Waals surface area contributed by atoms with Crippen LogP contribution in [-0.2, 0) is 19.5 Å². The molecule has 0 saturated heterocycles. The van der Waals surface area contributed by atoms with Crippen LogP contribution < -0.4 is 0 Å². The van der Waals surface area contributed by atoms with Crippen molar-refractivity contribution in [2.24, 2.45) is 0 Å². The first-order chi connectivity index (χ1) is 41.7. The topological polar surface area (TPSA) is 56.4 Å². The quantitative estimate of drug-likeness (QED) is 0.0430. The van der Waals surface area contributed by atoms with Crippen molar-refractivity contribution >= 4 is 0 Å². The predicted octanol–water partition coefficient (Wildman–Crippen LogP) is 30.6. The Morgan fingerprint density at radius 3 is 0.259 bits per heavy atom. The average Bonchev–Trinajstić information content (AvgIpc) is 3.50. The second kappa shape index (κ2) is 101. The van der Waals surface area contributed by atoms with Crippen LogP contribution in [0.1, 0.15) is 466 Å². The van der Waals surface area contributed by atoms with E-state index in [-0.39, 0.29) is 19.5 Å². The zero-order valence-electron chi connectivity index (χ0n) is 61.1. The molecule has 0 spiro atoms. The summed E-state index contributed by atoms with van der Waals surface area (Å²) in [7, 11) is 0. The summed E-state index contributed by atoms with van der Waals surface area (Å²) in [4.78, 5) is 0. The summed E-state index contributed by atoms with van der Waals surface area (Å²) in [5.74, 6) is 0. The molecule has 0 atom stereocenters. The maximum atomic E-state index is 4.67. The van der Waals surface area contributed by atoms with Gasteiger partial charge in [0.15, 0.2) is 0 Å². The Labute approximate surface area is 556 Å². The zero-order chi connectivity index (χ0) is 61.7. The largest absolute Gasteiger partial charge is 4.00 e. The third-order valence-electron chi connectivity index (χ3n) is 17.4. The van der Waals surface area contributed by atoms with E-state index in [9.17, 15) is 0 Å². The van der Waals surface area contributed by atoms with Crippen LogP contribution in [0.15, 0.2) is 0 Å². The molecule has 0 unspecified atom stereocenters. The summed E-state index contributed by atoms with van der Waals surface area (Å²) in [5, 5.41) is 18.7. The van der Waals surface area contributed by atoms with Crippen molar-refractivity contribution in [2.45, 2.75) is 466 Å². The molecule has 0 saturated carbocycles. The monoisotopic (exact) mass is 1290 g/mol. The summed E-state index contributed by atoms with van der Waals surface area (Å²) < 4.78 is 0. The molecule has 0 bridgehead atoms. The molecule has 0 aliphatic heterocycles. The van der Waals surface area contributed by atoms with E-state index in [1.54, 1.807) is 0 Å². The van der Waals surface area contributed by atoms with Crippen molar-refractivity contribution in [1.82, 2.24) is 0 Å². The predicted molar refractivity (Wildman–Crippen MR) is 393 cm³/mol. The molecule has 0 amide bonds. The van der Waals surface area contributed by atoms with Crippen LogP contribution in [0.5, 0.6) is 0 Å². The van der Waals surface area contributed by atoms with E-state index in [1.807, 2.05) is 0 Å². The molecule has 516 valence electrons. The first kappa shape index (κ1) is 94.2. The van der Waals surface area contributed by atoms with Gasteiger partial charge in [0.25, 0.3) is 0 Å². The van der Waals surface area contributed by atoms with Crippen LogP contribution in [0.3, 0.4) is 0 Å². The fourth-order valence-corrected chi connectivity index (χ4v) is 11.3. The van der Waals surface area contributed by atoms with Crippen molar-refractivity contribution in [2.75, 3.05) is 52.4 Å². The molecular formula is C80H168N4Ru. The Kier molecular flexibility index (Phi) is 111. The van der Waals surface area contributed by atoms with Crippen LogP contribution in [0.4, 0.5) is 0 Å². The molecule has 0 radical (unpaired) electrons. The van der Waals surface area contributed by atoms with Crippen LogP contribution >= 0.6 is 0 Å². The Bertz CT molecular complexity index is 757. The third-order valence-corrected chi connectivity index (χ3v) is 17.4. The van der Waals surface area contributed by atoms with Gasteiger partial charge in [0.1, 0.15) is 0 Å². The van der Waals surface area contributed by atoms with Gasteiger partial charge in [-0.15, -0.1) is 52.4 Å². The second-order valence-corrected chi connectivity index (χ2v) is 26.5. The van der Waals surface area contributed by atoms with E-state index in [4.69, 9.17) is 0 Å². The number of rotatable bonds is 72. The Hall–Kier alpha value is 0.463. The molecular weight excluding hydrogens is 1120 g/mol. The Morgan fingerprint density at radius 2 is 0.176 bits per heavy atom. The smallest absolute Gasteiger partial charge is 0.662 e. The van der Waals surface area contributed by atoms with Gasteiger partial charge in [-0.05, 0) is 0 Å². The van der Waals surface area contributed by atoms with Crippen molar-refractivity contribution in [3.8, 4) is 0 Å². The van der Waals surface area contributed by atoms with Crippen LogP contribution in [0, 0.1) is 0 Å². The minimum Gasteiger partial charge on any atom is -0.662 e. The molecule has 5 heteroatoms. The van der Waals surface area contributed by atoms with Crippen LogP contribution in [-0.4, -0.2) is 52.4 Å². The fraction of sp³-hybridized carbons (Fsp3) is 1.00. The molecule has 85 heavy (non-hydrogen) atoms. The van der Waals surface area contributed by atoms with Crippen molar-refractivity contribution in [1.29, 1.82) is 0 Å². The van der Waals surface area contributed by atoms with Gasteiger partial charge in [-0.25, -0.2) is 0 Å². The average molecular weight is 1290 g/mol. The SMILES string of the molecule is CCCCCCCCCC[N-]CCCCCCCCCC.CCCCCCCCCC[N-]CCCCCCCCCC.CCCCCCCCCC[N-]CCCCCCCCCC.CCCCCCCCCC[N-]CCCCCCCCCC.[Ru+4]. The van der Waals surface area contributed by atoms with Crippen molar-refractivity contribution in [3.05, 3.63) is 21.3 Å². The van der Waals surface area contributed by atoms with Gasteiger partial charge >= 0.3 is 19.5 Å². The van der Waals surface area contributed by atoms with Crippen LogP contribution in [0.25, 0.3) is 21.3 Å². The molecule has 0 rings (SSSR count). The van der Waals surface area contributed by atoms with Crippen molar-refractivity contribution < 1.29 is 19.5 Å². The summed E-state index contributed by atoms with van der Waals surface area (Å²) in [5.41, 5.74) is 0. The van der Waals surface area contributed by atoms with Gasteiger partial charge in [0.05, 0.1) is 0 Å². The number of nitrogens with zero attached hydrogens (tertiary/aromatic N) is 4. The molecule has 0 heterocycles. The fourth-order valence-electron chi connectivity index (χ4n) is 11.3. The standard InChI is InChI=1S/4C20H42N.Ru/c4*1-3-5-7-9-11-13-15-17-19-21-20-18-16-14-12-10-8-6-4-2;/h4*3-20H2,1-2H3;/q4*-1;+4. The second-order valence-electron chi connectivity index (χ2n) is 26.5. The van der Waals surface area contributed by atoms with Gasteiger partial charge in [-0.1, -0.05) is 466 Å². The van der Waals surface area contributed by atoms with Crippen LogP contribution in [0.2, 0.25) is 0 Å². The molecule has 0 fully saturated rings. The van der Waals surface area contributed by atoms with E-state index in [0.29, 0.717) is 0 Å². The molecule has 0 aliphatic rings. The summed E-state index contributed by atoms with van der Waals surface area (Å²) >= 11 is 0. The normalized spacial score (nSPS) is 11.0. The van der Waals surface area contributed by atoms with Gasteiger partial charge in [0.2, 0.25) is 0 Å². The third kappa shape index (κ3) is 109. The van der Waals surface area contributed by atoms with Crippen molar-refractivity contribution in [3.63, 3.8) is 0 Å². The Balaban J connectivity index is -0.000000333. The number of hydrogen-bond acceptors (Lipinski definition) is 0. The maximum absolute atomic E-state index is 4.67. The molecule has 0 N–H and O–H groups in total. The molecule has 0 aromatic rings.